The Hall–Kier alpha value is -2.38. The van der Waals surface area contributed by atoms with Crippen molar-refractivity contribution in [2.75, 3.05) is 18.0 Å². The smallest absolute Gasteiger partial charge is 0.410 e. The second-order valence-corrected chi connectivity index (χ2v) is 7.94. The molecule has 1 aromatic rings. The van der Waals surface area contributed by atoms with Crippen molar-refractivity contribution < 1.29 is 14.3 Å². The van der Waals surface area contributed by atoms with Crippen LogP contribution in [0.25, 0.3) is 0 Å². The SMILES string of the molecule is CC(C)(C)OC(=O)N(CCN(c1nccc(C(N)=O)n1)C1CC1)C1CC1. The van der Waals surface area contributed by atoms with Crippen molar-refractivity contribution in [2.24, 2.45) is 5.73 Å². The zero-order valence-corrected chi connectivity index (χ0v) is 15.6. The van der Waals surface area contributed by atoms with Crippen LogP contribution in [0.4, 0.5) is 10.7 Å². The number of primary amides is 1. The number of ether oxygens (including phenoxy) is 1. The van der Waals surface area contributed by atoms with Crippen LogP contribution in [0.5, 0.6) is 0 Å². The minimum atomic E-state index is -0.572. The number of anilines is 1. The van der Waals surface area contributed by atoms with Gasteiger partial charge in [0.2, 0.25) is 5.95 Å². The number of nitrogens with zero attached hydrogens (tertiary/aromatic N) is 4. The van der Waals surface area contributed by atoms with Crippen molar-refractivity contribution in [3.05, 3.63) is 18.0 Å². The van der Waals surface area contributed by atoms with E-state index in [9.17, 15) is 9.59 Å². The van der Waals surface area contributed by atoms with Crippen molar-refractivity contribution in [1.82, 2.24) is 14.9 Å². The largest absolute Gasteiger partial charge is 0.444 e. The van der Waals surface area contributed by atoms with Crippen molar-refractivity contribution >= 4 is 17.9 Å². The Labute approximate surface area is 153 Å². The van der Waals surface area contributed by atoms with E-state index in [0.717, 1.165) is 25.7 Å². The number of rotatable bonds is 7. The summed E-state index contributed by atoms with van der Waals surface area (Å²) in [5.74, 6) is -0.0819. The van der Waals surface area contributed by atoms with E-state index in [1.165, 1.54) is 6.07 Å². The lowest BCUT2D eigenvalue weighted by molar-refractivity contribution is 0.0238. The van der Waals surface area contributed by atoms with Crippen LogP contribution in [0.15, 0.2) is 12.3 Å². The first-order valence-electron chi connectivity index (χ1n) is 9.14. The highest BCUT2D eigenvalue weighted by atomic mass is 16.6. The number of hydrogen-bond acceptors (Lipinski definition) is 6. The van der Waals surface area contributed by atoms with E-state index in [-0.39, 0.29) is 17.8 Å². The standard InChI is InChI=1S/C18H27N5O3/c1-18(2,3)26-17(25)23(13-6-7-13)11-10-22(12-4-5-12)16-20-9-8-14(21-16)15(19)24/h8-9,12-13H,4-7,10-11H2,1-3H3,(H2,19,24). The third kappa shape index (κ3) is 4.83. The number of carbonyl (C=O) groups excluding carboxylic acids is 2. The number of carbonyl (C=O) groups is 2. The monoisotopic (exact) mass is 361 g/mol. The molecule has 1 aromatic heterocycles. The molecule has 26 heavy (non-hydrogen) atoms. The second-order valence-electron chi connectivity index (χ2n) is 7.94. The molecule has 2 aliphatic rings. The second kappa shape index (κ2) is 7.09. The van der Waals surface area contributed by atoms with Gasteiger partial charge in [-0.1, -0.05) is 0 Å². The molecule has 8 heteroatoms. The summed E-state index contributed by atoms with van der Waals surface area (Å²) < 4.78 is 5.54. The first-order chi connectivity index (χ1) is 12.2. The fourth-order valence-corrected chi connectivity index (χ4v) is 2.80. The van der Waals surface area contributed by atoms with Gasteiger partial charge in [0.15, 0.2) is 0 Å². The number of amides is 2. The van der Waals surface area contributed by atoms with Crippen molar-refractivity contribution in [3.8, 4) is 0 Å². The van der Waals surface area contributed by atoms with Gasteiger partial charge in [0.1, 0.15) is 11.3 Å². The van der Waals surface area contributed by atoms with Crippen LogP contribution < -0.4 is 10.6 Å². The molecule has 2 aliphatic carbocycles. The van der Waals surface area contributed by atoms with Crippen LogP contribution >= 0.6 is 0 Å². The molecule has 0 bridgehead atoms. The molecule has 0 unspecified atom stereocenters. The van der Waals surface area contributed by atoms with Crippen LogP contribution in [-0.2, 0) is 4.74 Å². The Morgan fingerprint density at radius 1 is 1.19 bits per heavy atom. The van der Waals surface area contributed by atoms with Crippen LogP contribution in [-0.4, -0.2) is 57.6 Å². The average molecular weight is 361 g/mol. The van der Waals surface area contributed by atoms with Crippen molar-refractivity contribution in [1.29, 1.82) is 0 Å². The Morgan fingerprint density at radius 3 is 2.38 bits per heavy atom. The number of hydrogen-bond donors (Lipinski definition) is 1. The molecule has 0 saturated heterocycles. The van der Waals surface area contributed by atoms with E-state index >= 15 is 0 Å². The van der Waals surface area contributed by atoms with Crippen LogP contribution in [0, 0.1) is 0 Å². The fourth-order valence-electron chi connectivity index (χ4n) is 2.80. The van der Waals surface area contributed by atoms with Crippen LogP contribution in [0.2, 0.25) is 0 Å². The van der Waals surface area contributed by atoms with Gasteiger partial charge in [0.25, 0.3) is 5.91 Å². The van der Waals surface area contributed by atoms with Gasteiger partial charge >= 0.3 is 6.09 Å². The summed E-state index contributed by atoms with van der Waals surface area (Å²) in [5.41, 5.74) is 5.01. The third-order valence-corrected chi connectivity index (χ3v) is 4.34. The average Bonchev–Trinajstić information content (AvgIpc) is 3.43. The quantitative estimate of drug-likeness (QED) is 0.796. The van der Waals surface area contributed by atoms with Gasteiger partial charge in [-0.15, -0.1) is 0 Å². The number of aromatic nitrogens is 2. The maximum absolute atomic E-state index is 12.5. The molecule has 1 heterocycles. The Morgan fingerprint density at radius 2 is 1.85 bits per heavy atom. The maximum Gasteiger partial charge on any atom is 0.410 e. The van der Waals surface area contributed by atoms with E-state index in [1.807, 2.05) is 20.8 Å². The maximum atomic E-state index is 12.5. The molecule has 0 aliphatic heterocycles. The van der Waals surface area contributed by atoms with Crippen LogP contribution in [0.3, 0.4) is 0 Å². The van der Waals surface area contributed by atoms with Gasteiger partial charge in [-0.3, -0.25) is 4.79 Å². The molecule has 0 spiro atoms. The normalized spacial score (nSPS) is 16.9. The molecule has 0 atom stereocenters. The molecule has 8 nitrogen and oxygen atoms in total. The van der Waals surface area contributed by atoms with Crippen LogP contribution in [0.1, 0.15) is 56.9 Å². The topological polar surface area (TPSA) is 102 Å². The van der Waals surface area contributed by atoms with Gasteiger partial charge in [0, 0.05) is 31.4 Å². The predicted octanol–water partition coefficient (Wildman–Crippen LogP) is 1.94. The lowest BCUT2D eigenvalue weighted by Crippen LogP contribution is -2.43. The number of nitrogens with two attached hydrogens (primary N) is 1. The Balaban J connectivity index is 1.69. The molecule has 0 aromatic carbocycles. The highest BCUT2D eigenvalue weighted by Crippen LogP contribution is 2.31. The summed E-state index contributed by atoms with van der Waals surface area (Å²) in [6.45, 7) is 6.75. The summed E-state index contributed by atoms with van der Waals surface area (Å²) in [4.78, 5) is 36.3. The van der Waals surface area contributed by atoms with E-state index in [1.54, 1.807) is 11.1 Å². The zero-order chi connectivity index (χ0) is 18.9. The van der Waals surface area contributed by atoms with Gasteiger partial charge in [0.05, 0.1) is 0 Å². The minimum Gasteiger partial charge on any atom is -0.444 e. The van der Waals surface area contributed by atoms with Gasteiger partial charge in [-0.05, 0) is 52.5 Å². The molecule has 2 fully saturated rings. The lowest BCUT2D eigenvalue weighted by atomic mass is 10.2. The Kier molecular flexibility index (Phi) is 5.02. The minimum absolute atomic E-state index is 0.201. The van der Waals surface area contributed by atoms with Gasteiger partial charge < -0.3 is 20.3 Å². The van der Waals surface area contributed by atoms with Crippen molar-refractivity contribution in [2.45, 2.75) is 64.1 Å². The van der Waals surface area contributed by atoms with E-state index in [4.69, 9.17) is 10.5 Å². The van der Waals surface area contributed by atoms with Gasteiger partial charge in [-0.2, -0.15) is 0 Å². The van der Waals surface area contributed by atoms with E-state index in [2.05, 4.69) is 14.9 Å². The molecule has 2 N–H and O–H groups in total. The third-order valence-electron chi connectivity index (χ3n) is 4.34. The fraction of sp³-hybridized carbons (Fsp3) is 0.667. The molecular formula is C18H27N5O3. The molecule has 3 rings (SSSR count). The first-order valence-corrected chi connectivity index (χ1v) is 9.14. The van der Waals surface area contributed by atoms with Crippen molar-refractivity contribution in [3.63, 3.8) is 0 Å². The summed E-state index contributed by atoms with van der Waals surface area (Å²) in [6, 6.07) is 2.11. The predicted molar refractivity (Wildman–Crippen MR) is 96.9 cm³/mol. The van der Waals surface area contributed by atoms with E-state index < -0.39 is 11.5 Å². The molecule has 2 amide bonds. The molecule has 2 saturated carbocycles. The molecular weight excluding hydrogens is 334 g/mol. The molecule has 0 radical (unpaired) electrons. The van der Waals surface area contributed by atoms with E-state index in [0.29, 0.717) is 25.1 Å². The highest BCUT2D eigenvalue weighted by molar-refractivity contribution is 5.90. The summed E-state index contributed by atoms with van der Waals surface area (Å²) in [7, 11) is 0. The van der Waals surface area contributed by atoms with Gasteiger partial charge in [-0.25, -0.2) is 14.8 Å². The molecule has 142 valence electrons. The Bertz CT molecular complexity index is 680. The summed E-state index contributed by atoms with van der Waals surface area (Å²) >= 11 is 0. The summed E-state index contributed by atoms with van der Waals surface area (Å²) in [6.07, 6.45) is 5.40. The highest BCUT2D eigenvalue weighted by Gasteiger charge is 2.37. The summed E-state index contributed by atoms with van der Waals surface area (Å²) in [5, 5.41) is 0. The first kappa shape index (κ1) is 18.4. The lowest BCUT2D eigenvalue weighted by Gasteiger charge is -2.30. The zero-order valence-electron chi connectivity index (χ0n) is 15.6.